The predicted octanol–water partition coefficient (Wildman–Crippen LogP) is 4.57. The van der Waals surface area contributed by atoms with Crippen molar-refractivity contribution in [2.24, 2.45) is 0 Å². The molecule has 0 atom stereocenters. The lowest BCUT2D eigenvalue weighted by molar-refractivity contribution is -0.118. The highest BCUT2D eigenvalue weighted by Crippen LogP contribution is 2.35. The highest BCUT2D eigenvalue weighted by atomic mass is 79.9. The van der Waals surface area contributed by atoms with Crippen molar-refractivity contribution in [2.75, 3.05) is 17.7 Å². The highest BCUT2D eigenvalue weighted by Gasteiger charge is 2.10. The van der Waals surface area contributed by atoms with Gasteiger partial charge in [-0.25, -0.2) is 0 Å². The number of hydrogen-bond donors (Lipinski definition) is 2. The Morgan fingerprint density at radius 1 is 1.10 bits per heavy atom. The number of carbonyl (C=O) groups is 1. The van der Waals surface area contributed by atoms with Gasteiger partial charge in [0.25, 0.3) is 5.91 Å². The molecule has 0 heterocycles. The molecule has 0 aliphatic rings. The van der Waals surface area contributed by atoms with E-state index in [0.29, 0.717) is 26.1 Å². The molecule has 21 heavy (non-hydrogen) atoms. The van der Waals surface area contributed by atoms with Crippen LogP contribution in [0.1, 0.15) is 0 Å². The first-order chi connectivity index (χ1) is 9.95. The van der Waals surface area contributed by atoms with Crippen LogP contribution in [0.4, 0.5) is 11.4 Å². The van der Waals surface area contributed by atoms with Crippen LogP contribution in [0.2, 0.25) is 0 Å². The van der Waals surface area contributed by atoms with Gasteiger partial charge < -0.3 is 15.8 Å². The van der Waals surface area contributed by atoms with Gasteiger partial charge in [-0.1, -0.05) is 15.9 Å². The summed E-state index contributed by atoms with van der Waals surface area (Å²) in [7, 11) is 0. The van der Waals surface area contributed by atoms with Crippen LogP contribution in [-0.4, -0.2) is 12.5 Å². The van der Waals surface area contributed by atoms with Gasteiger partial charge in [-0.3, -0.25) is 4.79 Å². The smallest absolute Gasteiger partial charge is 0.262 e. The molecule has 0 bridgehead atoms. The van der Waals surface area contributed by atoms with Crippen molar-refractivity contribution in [3.8, 4) is 5.75 Å². The van der Waals surface area contributed by atoms with E-state index in [4.69, 9.17) is 10.5 Å². The number of amides is 1. The number of halogens is 3. The third-order valence-electron chi connectivity index (χ3n) is 2.50. The Morgan fingerprint density at radius 3 is 2.24 bits per heavy atom. The molecule has 0 aliphatic carbocycles. The van der Waals surface area contributed by atoms with Crippen molar-refractivity contribution in [3.05, 3.63) is 49.8 Å². The Balaban J connectivity index is 1.97. The van der Waals surface area contributed by atoms with Crippen LogP contribution in [0.15, 0.2) is 49.8 Å². The van der Waals surface area contributed by atoms with E-state index in [-0.39, 0.29) is 12.5 Å². The summed E-state index contributed by atoms with van der Waals surface area (Å²) in [5, 5.41) is 2.75. The van der Waals surface area contributed by atoms with Crippen molar-refractivity contribution in [1.29, 1.82) is 0 Å². The van der Waals surface area contributed by atoms with E-state index in [1.54, 1.807) is 24.3 Å². The summed E-state index contributed by atoms with van der Waals surface area (Å²) in [5.41, 5.74) is 7.01. The molecule has 0 aliphatic heterocycles. The summed E-state index contributed by atoms with van der Waals surface area (Å²) in [5.74, 6) is 0.295. The van der Waals surface area contributed by atoms with E-state index >= 15 is 0 Å². The second kappa shape index (κ2) is 7.29. The summed E-state index contributed by atoms with van der Waals surface area (Å²) >= 11 is 10.0. The molecule has 4 nitrogen and oxygen atoms in total. The van der Waals surface area contributed by atoms with Crippen molar-refractivity contribution in [1.82, 2.24) is 0 Å². The quantitative estimate of drug-likeness (QED) is 0.632. The third kappa shape index (κ3) is 4.72. The van der Waals surface area contributed by atoms with Gasteiger partial charge in [0.15, 0.2) is 6.61 Å². The maximum absolute atomic E-state index is 11.9. The number of rotatable bonds is 4. The molecule has 2 aromatic carbocycles. The fraction of sp³-hybridized carbons (Fsp3) is 0.0714. The highest BCUT2D eigenvalue weighted by molar-refractivity contribution is 9.11. The minimum Gasteiger partial charge on any atom is -0.481 e. The largest absolute Gasteiger partial charge is 0.481 e. The summed E-state index contributed by atoms with van der Waals surface area (Å²) in [6.45, 7) is -0.100. The first-order valence-corrected chi connectivity index (χ1v) is 8.26. The van der Waals surface area contributed by atoms with E-state index in [0.717, 1.165) is 4.47 Å². The fourth-order valence-electron chi connectivity index (χ4n) is 1.59. The standard InChI is InChI=1S/C14H11Br3N2O2/c15-8-1-3-10(4-2-8)19-13(20)7-21-14-11(16)5-9(18)6-12(14)17/h1-6H,7,18H2,(H,19,20). The van der Waals surface area contributed by atoms with Crippen LogP contribution in [0.25, 0.3) is 0 Å². The molecule has 2 aromatic rings. The number of nitrogens with two attached hydrogens (primary N) is 1. The van der Waals surface area contributed by atoms with E-state index in [2.05, 4.69) is 53.1 Å². The van der Waals surface area contributed by atoms with Crippen LogP contribution in [0.5, 0.6) is 5.75 Å². The van der Waals surface area contributed by atoms with Gasteiger partial charge in [-0.05, 0) is 68.3 Å². The monoisotopic (exact) mass is 476 g/mol. The SMILES string of the molecule is Nc1cc(Br)c(OCC(=O)Nc2ccc(Br)cc2)c(Br)c1. The minimum atomic E-state index is -0.243. The zero-order valence-electron chi connectivity index (χ0n) is 10.7. The summed E-state index contributed by atoms with van der Waals surface area (Å²) in [6, 6.07) is 10.7. The molecule has 1 amide bonds. The average Bonchev–Trinajstić information content (AvgIpc) is 2.40. The Labute approximate surface area is 147 Å². The number of anilines is 2. The normalized spacial score (nSPS) is 10.2. The Hall–Kier alpha value is -1.05. The van der Waals surface area contributed by atoms with Crippen molar-refractivity contribution in [2.45, 2.75) is 0 Å². The number of nitrogens with one attached hydrogen (secondary N) is 1. The lowest BCUT2D eigenvalue weighted by Gasteiger charge is -2.11. The zero-order chi connectivity index (χ0) is 15.4. The maximum atomic E-state index is 11.9. The van der Waals surface area contributed by atoms with Gasteiger partial charge in [0.05, 0.1) is 8.95 Å². The minimum absolute atomic E-state index is 0.100. The molecule has 0 saturated carbocycles. The first kappa shape index (κ1) is 16.3. The predicted molar refractivity (Wildman–Crippen MR) is 94.5 cm³/mol. The number of carbonyl (C=O) groups excluding carboxylic acids is 1. The molecule has 0 fully saturated rings. The second-order valence-electron chi connectivity index (χ2n) is 4.16. The fourth-order valence-corrected chi connectivity index (χ4v) is 3.30. The molecule has 110 valence electrons. The maximum Gasteiger partial charge on any atom is 0.262 e. The van der Waals surface area contributed by atoms with Crippen LogP contribution < -0.4 is 15.8 Å². The van der Waals surface area contributed by atoms with E-state index in [1.807, 2.05) is 12.1 Å². The molecule has 7 heteroatoms. The van der Waals surface area contributed by atoms with Crippen LogP contribution in [0.3, 0.4) is 0 Å². The van der Waals surface area contributed by atoms with Crippen molar-refractivity contribution < 1.29 is 9.53 Å². The summed E-state index contributed by atoms with van der Waals surface area (Å²) in [4.78, 5) is 11.9. The number of benzene rings is 2. The van der Waals surface area contributed by atoms with Crippen molar-refractivity contribution in [3.63, 3.8) is 0 Å². The van der Waals surface area contributed by atoms with Gasteiger partial charge in [-0.2, -0.15) is 0 Å². The van der Waals surface area contributed by atoms with Crippen LogP contribution >= 0.6 is 47.8 Å². The summed E-state index contributed by atoms with van der Waals surface area (Å²) < 4.78 is 7.83. The Morgan fingerprint density at radius 2 is 1.67 bits per heavy atom. The van der Waals surface area contributed by atoms with Crippen LogP contribution in [0, 0.1) is 0 Å². The van der Waals surface area contributed by atoms with E-state index in [9.17, 15) is 4.79 Å². The molecular formula is C14H11Br3N2O2. The van der Waals surface area contributed by atoms with Gasteiger partial charge in [-0.15, -0.1) is 0 Å². The van der Waals surface area contributed by atoms with Gasteiger partial charge >= 0.3 is 0 Å². The van der Waals surface area contributed by atoms with E-state index < -0.39 is 0 Å². The molecule has 0 saturated heterocycles. The molecule has 0 spiro atoms. The lowest BCUT2D eigenvalue weighted by atomic mass is 10.3. The summed E-state index contributed by atoms with van der Waals surface area (Å²) in [6.07, 6.45) is 0. The van der Waals surface area contributed by atoms with E-state index in [1.165, 1.54) is 0 Å². The average molecular weight is 479 g/mol. The molecule has 0 radical (unpaired) electrons. The molecule has 3 N–H and O–H groups in total. The number of hydrogen-bond acceptors (Lipinski definition) is 3. The number of nitrogen functional groups attached to an aromatic ring is 1. The molecular weight excluding hydrogens is 468 g/mol. The van der Waals surface area contributed by atoms with Gasteiger partial charge in [0.2, 0.25) is 0 Å². The lowest BCUT2D eigenvalue weighted by Crippen LogP contribution is -2.20. The van der Waals surface area contributed by atoms with Gasteiger partial charge in [0.1, 0.15) is 5.75 Å². The molecule has 0 aromatic heterocycles. The molecule has 0 unspecified atom stereocenters. The number of ether oxygens (including phenoxy) is 1. The van der Waals surface area contributed by atoms with Gasteiger partial charge in [0, 0.05) is 15.8 Å². The Bertz CT molecular complexity index is 637. The zero-order valence-corrected chi connectivity index (χ0v) is 15.5. The topological polar surface area (TPSA) is 64.3 Å². The van der Waals surface area contributed by atoms with Crippen LogP contribution in [-0.2, 0) is 4.79 Å². The Kier molecular flexibility index (Phi) is 5.66. The van der Waals surface area contributed by atoms with Crippen molar-refractivity contribution >= 4 is 65.1 Å². The first-order valence-electron chi connectivity index (χ1n) is 5.88. The second-order valence-corrected chi connectivity index (χ2v) is 6.78. The molecule has 2 rings (SSSR count). The third-order valence-corrected chi connectivity index (χ3v) is 4.20.